The summed E-state index contributed by atoms with van der Waals surface area (Å²) in [6.45, 7) is 7.10. The van der Waals surface area contributed by atoms with E-state index in [-0.39, 0.29) is 59.5 Å². The molecule has 10 aliphatic rings. The molecule has 20 atom stereocenters. The summed E-state index contributed by atoms with van der Waals surface area (Å²) in [6, 6.07) is 45.5. The monoisotopic (exact) mass is 1180 g/mol. The van der Waals surface area contributed by atoms with Crippen molar-refractivity contribution in [2.24, 2.45) is 69.5 Å². The van der Waals surface area contributed by atoms with Gasteiger partial charge in [-0.25, -0.2) is 4.79 Å². The summed E-state index contributed by atoms with van der Waals surface area (Å²) in [5.41, 5.74) is 6.46. The van der Waals surface area contributed by atoms with Crippen LogP contribution in [0.4, 0.5) is 0 Å². The number of cyclic esters (lactones) is 1. The molecule has 0 unspecified atom stereocenters. The zero-order valence-corrected chi connectivity index (χ0v) is 52.9. The van der Waals surface area contributed by atoms with Crippen molar-refractivity contribution in [1.82, 2.24) is 0 Å². The van der Waals surface area contributed by atoms with Gasteiger partial charge in [0.15, 0.2) is 0 Å². The number of ether oxygens (including phenoxy) is 2. The van der Waals surface area contributed by atoms with Crippen LogP contribution >= 0.6 is 0 Å². The van der Waals surface area contributed by atoms with E-state index < -0.39 is 52.5 Å². The predicted octanol–water partition coefficient (Wildman–Crippen LogP) is 16.8. The van der Waals surface area contributed by atoms with Crippen LogP contribution in [-0.2, 0) is 37.3 Å². The predicted molar refractivity (Wildman–Crippen MR) is 348 cm³/mol. The molecule has 2 heterocycles. The average Bonchev–Trinajstić information content (AvgIpc) is 1.08. The molecule has 6 saturated carbocycles. The van der Waals surface area contributed by atoms with E-state index in [0.29, 0.717) is 61.7 Å². The maximum Gasteiger partial charge on any atom is 0.331 e. The van der Waals surface area contributed by atoms with Crippen LogP contribution in [0.5, 0.6) is 0 Å². The molecule has 7 heteroatoms. The Morgan fingerprint density at radius 1 is 0.716 bits per heavy atom. The van der Waals surface area contributed by atoms with Gasteiger partial charge in [0.05, 0.1) is 29.1 Å². The van der Waals surface area contributed by atoms with Crippen LogP contribution in [-0.4, -0.2) is 57.8 Å². The second-order valence-corrected chi connectivity index (χ2v) is 31.3. The number of allylic oxidation sites excluding steroid dienone is 1. The normalized spacial score (nSPS) is 40.5. The first-order valence-corrected chi connectivity index (χ1v) is 35.3. The Balaban J connectivity index is 0.856. The van der Waals surface area contributed by atoms with Gasteiger partial charge in [0.1, 0.15) is 12.7 Å². The third kappa shape index (κ3) is 9.46. The summed E-state index contributed by atoms with van der Waals surface area (Å²) in [5, 5.41) is 46.0. The van der Waals surface area contributed by atoms with E-state index >= 15 is 4.79 Å². The highest BCUT2D eigenvalue weighted by Crippen LogP contribution is 2.77. The molecule has 464 valence electrons. The molecule has 88 heavy (non-hydrogen) atoms. The zero-order valence-electron chi connectivity index (χ0n) is 52.9. The summed E-state index contributed by atoms with van der Waals surface area (Å²) < 4.78 is 13.0. The van der Waals surface area contributed by atoms with Gasteiger partial charge in [-0.3, -0.25) is 4.79 Å². The van der Waals surface area contributed by atoms with Crippen molar-refractivity contribution in [1.29, 1.82) is 0 Å². The molecule has 6 fully saturated rings. The molecule has 0 amide bonds. The molecule has 0 aromatic heterocycles. The van der Waals surface area contributed by atoms with Crippen LogP contribution in [0.1, 0.15) is 207 Å². The van der Waals surface area contributed by atoms with Gasteiger partial charge >= 0.3 is 11.9 Å². The number of benzene rings is 5. The highest BCUT2D eigenvalue weighted by Gasteiger charge is 2.76. The number of carbonyl (C=O) groups is 2. The fourth-order valence-electron chi connectivity index (χ4n) is 23.5. The maximum atomic E-state index is 15.9. The van der Waals surface area contributed by atoms with E-state index in [9.17, 15) is 20.1 Å². The molecule has 5 aromatic rings. The number of aryl methyl sites for hydroxylation is 1. The van der Waals surface area contributed by atoms with E-state index in [1.165, 1.54) is 72.4 Å². The van der Waals surface area contributed by atoms with Crippen LogP contribution in [0.2, 0.25) is 0 Å². The Kier molecular flexibility index (Phi) is 15.5. The van der Waals surface area contributed by atoms with Gasteiger partial charge in [-0.2, -0.15) is 0 Å². The zero-order chi connectivity index (χ0) is 60.2. The number of hydrogen-bond acceptors (Lipinski definition) is 7. The number of esters is 2. The Morgan fingerprint density at radius 2 is 1.49 bits per heavy atom. The molecule has 2 bridgehead atoms. The lowest BCUT2D eigenvalue weighted by molar-refractivity contribution is -0.331. The summed E-state index contributed by atoms with van der Waals surface area (Å²) in [5.74, 6) is 0.235. The summed E-state index contributed by atoms with van der Waals surface area (Å²) in [6.07, 6.45) is 24.6. The van der Waals surface area contributed by atoms with Gasteiger partial charge < -0.3 is 24.8 Å². The second-order valence-electron chi connectivity index (χ2n) is 31.3. The van der Waals surface area contributed by atoms with E-state index in [4.69, 9.17) is 9.47 Å². The number of aliphatic hydroxyl groups is 3. The van der Waals surface area contributed by atoms with E-state index in [2.05, 4.69) is 154 Å². The molecule has 15 rings (SSSR count). The number of aliphatic hydroxyl groups excluding tert-OH is 2. The third-order valence-corrected chi connectivity index (χ3v) is 27.3. The highest BCUT2D eigenvalue weighted by molar-refractivity contribution is 5.93. The Labute approximate surface area is 524 Å². The van der Waals surface area contributed by atoms with Crippen LogP contribution in [0.3, 0.4) is 0 Å². The van der Waals surface area contributed by atoms with Crippen molar-refractivity contribution >= 4 is 22.7 Å². The van der Waals surface area contributed by atoms with Gasteiger partial charge in [-0.15, -0.1) is 0 Å². The largest absolute Gasteiger partial charge is 0.462 e. The van der Waals surface area contributed by atoms with Gasteiger partial charge in [0, 0.05) is 23.3 Å². The minimum absolute atomic E-state index is 0.0581. The minimum Gasteiger partial charge on any atom is -0.462 e. The molecule has 0 saturated heterocycles. The van der Waals surface area contributed by atoms with Crippen molar-refractivity contribution in [3.63, 3.8) is 0 Å². The lowest BCUT2D eigenvalue weighted by atomic mass is 9.36. The minimum atomic E-state index is -1.61. The fraction of sp³-hybridized carbons (Fsp3) is 0.580. The first-order chi connectivity index (χ1) is 42.7. The maximum absolute atomic E-state index is 15.9. The lowest BCUT2D eigenvalue weighted by Gasteiger charge is -2.71. The first kappa shape index (κ1) is 59.0. The van der Waals surface area contributed by atoms with Gasteiger partial charge in [-0.05, 0) is 242 Å². The topological polar surface area (TPSA) is 113 Å². The Morgan fingerprint density at radius 3 is 2.27 bits per heavy atom. The number of fused-ring (bicyclic) bond motifs is 4. The summed E-state index contributed by atoms with van der Waals surface area (Å²) in [7, 11) is 0. The molecule has 3 N–H and O–H groups in total. The van der Waals surface area contributed by atoms with E-state index in [0.717, 1.165) is 69.8 Å². The van der Waals surface area contributed by atoms with Gasteiger partial charge in [0.2, 0.25) is 0 Å². The number of hydrogen-bond donors (Lipinski definition) is 3. The molecule has 7 nitrogen and oxygen atoms in total. The molecule has 8 aliphatic carbocycles. The van der Waals surface area contributed by atoms with Crippen LogP contribution in [0.15, 0.2) is 145 Å². The van der Waals surface area contributed by atoms with Crippen molar-refractivity contribution in [2.75, 3.05) is 6.61 Å². The quantitative estimate of drug-likeness (QED) is 0.0795. The second kappa shape index (κ2) is 23.1. The molecule has 1 spiro atoms. The lowest BCUT2D eigenvalue weighted by Crippen LogP contribution is -2.77. The van der Waals surface area contributed by atoms with Crippen molar-refractivity contribution in [3.05, 3.63) is 179 Å². The van der Waals surface area contributed by atoms with Crippen LogP contribution < -0.4 is 0 Å². The Hall–Kier alpha value is -5.34. The van der Waals surface area contributed by atoms with Crippen molar-refractivity contribution < 1.29 is 34.4 Å². The molecular formula is C81H98O7. The van der Waals surface area contributed by atoms with Crippen LogP contribution in [0.25, 0.3) is 10.8 Å². The number of carbonyl (C=O) groups excluding carboxylic acids is 2. The van der Waals surface area contributed by atoms with Gasteiger partial charge in [-0.1, -0.05) is 174 Å². The molecule has 0 radical (unpaired) electrons. The van der Waals surface area contributed by atoms with E-state index in [1.54, 1.807) is 22.8 Å². The summed E-state index contributed by atoms with van der Waals surface area (Å²) >= 11 is 0. The number of rotatable bonds is 13. The molecule has 5 aromatic carbocycles. The SMILES string of the molecule is C[C@H](CCCc1ccccc1)C[C@@H]1/C=C/[C@@H]2CC[C@H](Cc3ccccc3)C[C@@H]2C(=O)O[C@@H]2C[C@@H](C)[C@](O)(CCC3=CC(=O)OC3)[C@@]3([C@@H]1O)[C@@H](O)CC[C@@](C)([C@H]1CC[C@]45CC[C@@H]6C[C@]7(c8ccccc8)CCCC[C@@H]7c7ccc8cccc(c8c7[C@@H]64)[C@@H]5C1)[C@H]23. The first-order valence-electron chi connectivity index (χ1n) is 35.3. The van der Waals surface area contributed by atoms with E-state index in [1.807, 2.05) is 0 Å². The third-order valence-electron chi connectivity index (χ3n) is 27.3. The fourth-order valence-corrected chi connectivity index (χ4v) is 23.5. The highest BCUT2D eigenvalue weighted by atomic mass is 16.5. The Bertz CT molecular complexity index is 3450. The summed E-state index contributed by atoms with van der Waals surface area (Å²) in [4.78, 5) is 28.7. The van der Waals surface area contributed by atoms with Crippen LogP contribution in [0, 0.1) is 69.5 Å². The molecule has 2 aliphatic heterocycles. The average molecular weight is 1180 g/mol. The standard InChI is InChI=1S/C81H98O7/c1-51(17-15-22-53-18-7-4-8-19-53)43-59-31-30-57-29-28-55(45-54-20-9-5-10-21-54)46-65(57)76(85)88-68-44-52(2)80(86,42-34-56-47-70(83)87-50-56)81(75(59)84)69(82)37-39-77(3,74(68)81)62-36-41-78-40-35-60-49-79(61-24-11-6-12-25-61)38-14-13-27-66(79)64-33-32-58-23-16-26-63(67(78)48-62)71(58)72(64)73(60)78/h4-12,16,18-21,23-26,30-33,47,51-52,55,57,59-60,62,65-69,73-75,82,84,86H,13-15,17,22,27-29,34-46,48-50H2,1-3H3/b31-30+/t51-,52-,55-,57+,59+,60-,62+,65+,66-,67+,68-,69+,73-,74+,75-,77+,78+,79+,80-,81+/m1/s1. The molecular weight excluding hydrogens is 1080 g/mol. The van der Waals surface area contributed by atoms with Gasteiger partial charge in [0.25, 0.3) is 0 Å². The smallest absolute Gasteiger partial charge is 0.331 e. The van der Waals surface area contributed by atoms with Crippen molar-refractivity contribution in [2.45, 2.75) is 216 Å². The van der Waals surface area contributed by atoms with Crippen molar-refractivity contribution in [3.8, 4) is 0 Å².